The molecule has 0 saturated heterocycles. The number of anilines is 2. The van der Waals surface area contributed by atoms with Crippen LogP contribution in [0.2, 0.25) is 0 Å². The smallest absolute Gasteiger partial charge is 0.175 e. The molecule has 2 aromatic rings. The minimum atomic E-state index is -0.437. The third-order valence-electron chi connectivity index (χ3n) is 4.67. The van der Waals surface area contributed by atoms with E-state index in [0.717, 1.165) is 22.9 Å². The molecule has 2 aromatic carbocycles. The molecule has 12 heteroatoms. The molecule has 4 nitrogen and oxygen atoms in total. The fourth-order valence-corrected chi connectivity index (χ4v) is 5.51. The van der Waals surface area contributed by atoms with Crippen molar-refractivity contribution in [3.8, 4) is 11.5 Å². The van der Waals surface area contributed by atoms with Gasteiger partial charge >= 0.3 is 0 Å². The number of hydrogen-bond acceptors (Lipinski definition) is 3. The van der Waals surface area contributed by atoms with Gasteiger partial charge in [0.25, 0.3) is 0 Å². The number of benzene rings is 2. The molecule has 194 valence electrons. The fourth-order valence-electron chi connectivity index (χ4n) is 2.95. The predicted molar refractivity (Wildman–Crippen MR) is 153 cm³/mol. The fraction of sp³-hybridized carbons (Fsp3) is 0.435. The second-order valence-corrected chi connectivity index (χ2v) is 10.6. The Morgan fingerprint density at radius 3 is 1.11 bits per heavy atom. The van der Waals surface area contributed by atoms with E-state index in [1.165, 1.54) is 0 Å². The molecule has 0 aliphatic heterocycles. The van der Waals surface area contributed by atoms with Gasteiger partial charge in [0.05, 0.1) is 45.5 Å². The standard InChI is InChI=1S/C17H20N2O2S.C6H6Cl6.W/c1-3-20-15-9-5-13(6-10-15)18-17(22)19-14-7-11-16(12-8-14)21-4-2;7-1-2(8)4(10)6(12)5(11)3(1)9;/h5-12H,3-4H2,1-2H3,(H2,18,19,22);1-6H;/t;1-,2-,3-,4+,5+,6+;. The van der Waals surface area contributed by atoms with Gasteiger partial charge in [-0.3, -0.25) is 0 Å². The minimum absolute atomic E-state index is 0. The van der Waals surface area contributed by atoms with Crippen molar-refractivity contribution >= 4 is 98.3 Å². The Labute approximate surface area is 256 Å². The summed E-state index contributed by atoms with van der Waals surface area (Å²) in [6.45, 7) is 5.24. The van der Waals surface area contributed by atoms with E-state index in [1.54, 1.807) is 0 Å². The van der Waals surface area contributed by atoms with E-state index in [0.29, 0.717) is 18.3 Å². The molecular formula is C23H26Cl6N2O2SW. The SMILES string of the molecule is CCOc1ccc(NC(=S)Nc2ccc(OCC)cc2)cc1.Cl[C@H]1[C@H](Cl)[C@@H](Cl)[C@@H](Cl)[C@H](Cl)[C@H]1Cl.[W]. The quantitative estimate of drug-likeness (QED) is 0.230. The van der Waals surface area contributed by atoms with Gasteiger partial charge in [-0.25, -0.2) is 0 Å². The van der Waals surface area contributed by atoms with Crippen LogP contribution in [0.4, 0.5) is 11.4 Å². The molecule has 1 aliphatic rings. The molecule has 1 saturated carbocycles. The Morgan fingerprint density at radius 2 is 0.886 bits per heavy atom. The number of halogens is 6. The Kier molecular flexibility index (Phi) is 16.0. The topological polar surface area (TPSA) is 42.5 Å². The summed E-state index contributed by atoms with van der Waals surface area (Å²) in [7, 11) is 0. The van der Waals surface area contributed by atoms with Crippen molar-refractivity contribution < 1.29 is 30.5 Å². The van der Waals surface area contributed by atoms with E-state index in [-0.39, 0.29) is 21.1 Å². The van der Waals surface area contributed by atoms with Gasteiger partial charge in [0.15, 0.2) is 5.11 Å². The summed E-state index contributed by atoms with van der Waals surface area (Å²) in [5.74, 6) is 1.69. The summed E-state index contributed by atoms with van der Waals surface area (Å²) in [6.07, 6.45) is 0. The maximum atomic E-state index is 5.88. The average Bonchev–Trinajstić information content (AvgIpc) is 2.83. The second kappa shape index (κ2) is 16.9. The maximum Gasteiger partial charge on any atom is 0.175 e. The Bertz CT molecular complexity index is 785. The first kappa shape index (κ1) is 33.2. The van der Waals surface area contributed by atoms with Gasteiger partial charge in [-0.05, 0) is 74.6 Å². The predicted octanol–water partition coefficient (Wildman–Crippen LogP) is 7.93. The first-order valence-electron chi connectivity index (χ1n) is 10.6. The summed E-state index contributed by atoms with van der Waals surface area (Å²) in [4.78, 5) is 0. The van der Waals surface area contributed by atoms with Gasteiger partial charge in [-0.2, -0.15) is 0 Å². The number of thiocarbonyl (C=S) groups is 1. The zero-order valence-corrected chi connectivity index (χ0v) is 27.2. The molecule has 0 heterocycles. The van der Waals surface area contributed by atoms with Gasteiger partial charge in [0.1, 0.15) is 11.5 Å². The summed E-state index contributed by atoms with van der Waals surface area (Å²) >= 11 is 40.6. The molecule has 0 amide bonds. The van der Waals surface area contributed by atoms with Gasteiger partial charge in [0, 0.05) is 32.4 Å². The first-order chi connectivity index (χ1) is 16.2. The molecule has 0 unspecified atom stereocenters. The largest absolute Gasteiger partial charge is 0.494 e. The molecular weight excluding hydrogens is 765 g/mol. The zero-order chi connectivity index (χ0) is 25.3. The normalized spacial score (nSPS) is 25.3. The van der Waals surface area contributed by atoms with Crippen molar-refractivity contribution in [2.75, 3.05) is 23.8 Å². The van der Waals surface area contributed by atoms with Gasteiger partial charge in [0.2, 0.25) is 0 Å². The van der Waals surface area contributed by atoms with Gasteiger partial charge < -0.3 is 20.1 Å². The number of rotatable bonds is 6. The monoisotopic (exact) mass is 788 g/mol. The Hall–Kier alpha value is 0.158. The van der Waals surface area contributed by atoms with Crippen molar-refractivity contribution in [1.29, 1.82) is 0 Å². The van der Waals surface area contributed by atoms with Crippen molar-refractivity contribution in [1.82, 2.24) is 0 Å². The van der Waals surface area contributed by atoms with Crippen LogP contribution < -0.4 is 20.1 Å². The molecule has 1 fully saturated rings. The van der Waals surface area contributed by atoms with Crippen LogP contribution in [-0.2, 0) is 21.1 Å². The van der Waals surface area contributed by atoms with Crippen LogP contribution in [0.5, 0.6) is 11.5 Å². The van der Waals surface area contributed by atoms with Crippen LogP contribution >= 0.6 is 81.8 Å². The van der Waals surface area contributed by atoms with E-state index in [4.69, 9.17) is 91.3 Å². The molecule has 0 radical (unpaired) electrons. The molecule has 35 heavy (non-hydrogen) atoms. The van der Waals surface area contributed by atoms with E-state index >= 15 is 0 Å². The van der Waals surface area contributed by atoms with Crippen LogP contribution in [0.25, 0.3) is 0 Å². The van der Waals surface area contributed by atoms with Gasteiger partial charge in [-0.1, -0.05) is 0 Å². The second-order valence-electron chi connectivity index (χ2n) is 7.16. The van der Waals surface area contributed by atoms with Crippen molar-refractivity contribution in [2.24, 2.45) is 0 Å². The van der Waals surface area contributed by atoms with Crippen molar-refractivity contribution in [3.63, 3.8) is 0 Å². The van der Waals surface area contributed by atoms with Crippen LogP contribution in [0, 0.1) is 0 Å². The molecule has 0 atom stereocenters. The maximum absolute atomic E-state index is 5.88. The number of alkyl halides is 6. The van der Waals surface area contributed by atoms with E-state index in [2.05, 4.69) is 10.6 Å². The molecule has 1 aliphatic carbocycles. The third kappa shape index (κ3) is 10.4. The van der Waals surface area contributed by atoms with Crippen molar-refractivity contribution in [3.05, 3.63) is 48.5 Å². The van der Waals surface area contributed by atoms with Crippen LogP contribution in [0.15, 0.2) is 48.5 Å². The molecule has 0 bridgehead atoms. The van der Waals surface area contributed by atoms with E-state index in [1.807, 2.05) is 62.4 Å². The van der Waals surface area contributed by atoms with E-state index in [9.17, 15) is 0 Å². The zero-order valence-electron chi connectivity index (χ0n) is 18.9. The summed E-state index contributed by atoms with van der Waals surface area (Å²) < 4.78 is 10.8. The molecule has 0 aromatic heterocycles. The molecule has 0 spiro atoms. The summed E-state index contributed by atoms with van der Waals surface area (Å²) in [6, 6.07) is 15.3. The number of nitrogens with one attached hydrogen (secondary N) is 2. The van der Waals surface area contributed by atoms with Crippen LogP contribution in [0.3, 0.4) is 0 Å². The first-order valence-corrected chi connectivity index (χ1v) is 13.6. The van der Waals surface area contributed by atoms with E-state index < -0.39 is 32.3 Å². The Balaban J connectivity index is 0.000000401. The number of ether oxygens (including phenoxy) is 2. The summed E-state index contributed by atoms with van der Waals surface area (Å²) in [5.41, 5.74) is 1.82. The number of hydrogen-bond donors (Lipinski definition) is 2. The minimum Gasteiger partial charge on any atom is -0.494 e. The Morgan fingerprint density at radius 1 is 0.629 bits per heavy atom. The molecule has 2 N–H and O–H groups in total. The van der Waals surface area contributed by atoms with Crippen LogP contribution in [-0.4, -0.2) is 50.6 Å². The average molecular weight is 791 g/mol. The summed E-state index contributed by atoms with van der Waals surface area (Å²) in [5, 5.41) is 4.18. The van der Waals surface area contributed by atoms with Crippen molar-refractivity contribution in [2.45, 2.75) is 46.1 Å². The van der Waals surface area contributed by atoms with Gasteiger partial charge in [-0.15, -0.1) is 69.6 Å². The molecule has 3 rings (SSSR count). The third-order valence-corrected chi connectivity index (χ3v) is 8.91. The van der Waals surface area contributed by atoms with Crippen LogP contribution in [0.1, 0.15) is 13.8 Å².